The maximum absolute atomic E-state index is 12.4. The van der Waals surface area contributed by atoms with Crippen molar-refractivity contribution in [2.45, 2.75) is 12.8 Å². The van der Waals surface area contributed by atoms with Gasteiger partial charge in [-0.25, -0.2) is 0 Å². The average molecular weight is 407 g/mol. The number of hydrogen-bond donors (Lipinski definition) is 1. The third-order valence-electron chi connectivity index (χ3n) is 4.54. The van der Waals surface area contributed by atoms with E-state index in [0.717, 1.165) is 17.1 Å². The van der Waals surface area contributed by atoms with Crippen LogP contribution >= 0.6 is 0 Å². The molecular weight excluding hydrogens is 382 g/mol. The second-order valence-corrected chi connectivity index (χ2v) is 6.50. The van der Waals surface area contributed by atoms with Crippen LogP contribution in [-0.2, 0) is 11.2 Å². The molecule has 3 aromatic carbocycles. The highest BCUT2D eigenvalue weighted by Gasteiger charge is 2.09. The fourth-order valence-corrected chi connectivity index (χ4v) is 2.99. The Kier molecular flexibility index (Phi) is 7.16. The average Bonchev–Trinajstić information content (AvgIpc) is 2.79. The lowest BCUT2D eigenvalue weighted by molar-refractivity contribution is -0.116. The Labute approximate surface area is 176 Å². The van der Waals surface area contributed by atoms with Crippen molar-refractivity contribution in [2.75, 3.05) is 26.6 Å². The molecule has 30 heavy (non-hydrogen) atoms. The van der Waals surface area contributed by atoms with Crippen LogP contribution in [0.5, 0.6) is 28.7 Å². The Morgan fingerprint density at radius 2 is 1.43 bits per heavy atom. The summed E-state index contributed by atoms with van der Waals surface area (Å²) in [5, 5.41) is 2.90. The van der Waals surface area contributed by atoms with Gasteiger partial charge in [-0.3, -0.25) is 4.79 Å². The number of aryl methyl sites for hydroxylation is 1. The van der Waals surface area contributed by atoms with Crippen LogP contribution in [0, 0.1) is 0 Å². The number of carbonyl (C=O) groups excluding carboxylic acids is 1. The Morgan fingerprint density at radius 1 is 0.767 bits per heavy atom. The lowest BCUT2D eigenvalue weighted by Gasteiger charge is -2.12. The van der Waals surface area contributed by atoms with E-state index in [1.807, 2.05) is 42.5 Å². The molecule has 0 saturated carbocycles. The van der Waals surface area contributed by atoms with Crippen LogP contribution in [-0.4, -0.2) is 27.2 Å². The summed E-state index contributed by atoms with van der Waals surface area (Å²) in [7, 11) is 4.82. The van der Waals surface area contributed by atoms with Crippen LogP contribution in [0.3, 0.4) is 0 Å². The molecule has 1 amide bonds. The minimum atomic E-state index is -0.0849. The van der Waals surface area contributed by atoms with Gasteiger partial charge in [-0.15, -0.1) is 0 Å². The van der Waals surface area contributed by atoms with E-state index in [-0.39, 0.29) is 5.91 Å². The Morgan fingerprint density at radius 3 is 2.10 bits per heavy atom. The summed E-state index contributed by atoms with van der Waals surface area (Å²) in [4.78, 5) is 12.4. The lowest BCUT2D eigenvalue weighted by atomic mass is 10.1. The van der Waals surface area contributed by atoms with Gasteiger partial charge in [-0.05, 0) is 66.6 Å². The van der Waals surface area contributed by atoms with Gasteiger partial charge in [0.15, 0.2) is 11.5 Å². The zero-order chi connectivity index (χ0) is 21.3. The van der Waals surface area contributed by atoms with E-state index in [4.69, 9.17) is 18.9 Å². The second-order valence-electron chi connectivity index (χ2n) is 6.50. The molecular formula is C24H25NO5. The number of para-hydroxylation sites is 2. The monoisotopic (exact) mass is 407 g/mol. The van der Waals surface area contributed by atoms with Crippen molar-refractivity contribution in [3.63, 3.8) is 0 Å². The fourth-order valence-electron chi connectivity index (χ4n) is 2.99. The van der Waals surface area contributed by atoms with Crippen molar-refractivity contribution >= 4 is 11.6 Å². The molecule has 0 aliphatic rings. The largest absolute Gasteiger partial charge is 0.497 e. The molecule has 0 heterocycles. The standard InChI is InChI=1S/C24H25NO5/c1-27-20-13-14-21(28-2)17(16-20)8-15-24(26)25-18-9-11-19(12-10-18)30-23-7-5-4-6-22(23)29-3/h4-7,9-14,16H,8,15H2,1-3H3,(H,25,26). The number of nitrogens with one attached hydrogen (secondary N) is 1. The fraction of sp³-hybridized carbons (Fsp3) is 0.208. The number of benzene rings is 3. The maximum Gasteiger partial charge on any atom is 0.224 e. The molecule has 0 aromatic heterocycles. The molecule has 3 rings (SSSR count). The first kappa shape index (κ1) is 21.0. The zero-order valence-electron chi connectivity index (χ0n) is 17.3. The number of rotatable bonds is 9. The minimum absolute atomic E-state index is 0.0849. The van der Waals surface area contributed by atoms with Crippen LogP contribution in [0.25, 0.3) is 0 Å². The van der Waals surface area contributed by atoms with E-state index in [0.29, 0.717) is 35.8 Å². The van der Waals surface area contributed by atoms with E-state index in [2.05, 4.69) is 5.32 Å². The minimum Gasteiger partial charge on any atom is -0.497 e. The smallest absolute Gasteiger partial charge is 0.224 e. The van der Waals surface area contributed by atoms with Crippen LogP contribution in [0.15, 0.2) is 66.7 Å². The van der Waals surface area contributed by atoms with Crippen LogP contribution in [0.4, 0.5) is 5.69 Å². The Bertz CT molecular complexity index is 985. The van der Waals surface area contributed by atoms with E-state index >= 15 is 0 Å². The number of hydrogen-bond acceptors (Lipinski definition) is 5. The predicted molar refractivity (Wildman–Crippen MR) is 116 cm³/mol. The highest BCUT2D eigenvalue weighted by Crippen LogP contribution is 2.31. The lowest BCUT2D eigenvalue weighted by Crippen LogP contribution is -2.12. The van der Waals surface area contributed by atoms with Crippen molar-refractivity contribution in [1.82, 2.24) is 0 Å². The molecule has 3 aromatic rings. The van der Waals surface area contributed by atoms with E-state index in [1.54, 1.807) is 45.6 Å². The molecule has 1 N–H and O–H groups in total. The Hall–Kier alpha value is -3.67. The zero-order valence-corrected chi connectivity index (χ0v) is 17.3. The molecule has 0 aliphatic heterocycles. The molecule has 0 aliphatic carbocycles. The number of anilines is 1. The Balaban J connectivity index is 1.57. The summed E-state index contributed by atoms with van der Waals surface area (Å²) >= 11 is 0. The van der Waals surface area contributed by atoms with Crippen molar-refractivity contribution in [3.8, 4) is 28.7 Å². The van der Waals surface area contributed by atoms with E-state index in [9.17, 15) is 4.79 Å². The van der Waals surface area contributed by atoms with Crippen molar-refractivity contribution in [2.24, 2.45) is 0 Å². The van der Waals surface area contributed by atoms with Crippen LogP contribution in [0.2, 0.25) is 0 Å². The number of methoxy groups -OCH3 is 3. The molecule has 6 heteroatoms. The summed E-state index contributed by atoms with van der Waals surface area (Å²) in [5.41, 5.74) is 1.62. The SMILES string of the molecule is COc1ccc(OC)c(CCC(=O)Nc2ccc(Oc3ccccc3OC)cc2)c1. The van der Waals surface area contributed by atoms with Gasteiger partial charge in [0, 0.05) is 12.1 Å². The first-order chi connectivity index (χ1) is 14.6. The third-order valence-corrected chi connectivity index (χ3v) is 4.54. The van der Waals surface area contributed by atoms with Gasteiger partial charge >= 0.3 is 0 Å². The second kappa shape index (κ2) is 10.2. The van der Waals surface area contributed by atoms with Crippen molar-refractivity contribution in [3.05, 3.63) is 72.3 Å². The van der Waals surface area contributed by atoms with Crippen LogP contribution in [0.1, 0.15) is 12.0 Å². The topological polar surface area (TPSA) is 66.0 Å². The van der Waals surface area contributed by atoms with E-state index in [1.165, 1.54) is 0 Å². The van der Waals surface area contributed by atoms with Gasteiger partial charge in [0.05, 0.1) is 21.3 Å². The first-order valence-corrected chi connectivity index (χ1v) is 9.54. The quantitative estimate of drug-likeness (QED) is 0.536. The van der Waals surface area contributed by atoms with Crippen LogP contribution < -0.4 is 24.3 Å². The summed E-state index contributed by atoms with van der Waals surface area (Å²) in [6, 6.07) is 20.2. The molecule has 0 fully saturated rings. The summed E-state index contributed by atoms with van der Waals surface area (Å²) in [6.45, 7) is 0. The van der Waals surface area contributed by atoms with Gasteiger partial charge < -0.3 is 24.3 Å². The van der Waals surface area contributed by atoms with Crippen molar-refractivity contribution < 1.29 is 23.7 Å². The highest BCUT2D eigenvalue weighted by molar-refractivity contribution is 5.90. The summed E-state index contributed by atoms with van der Waals surface area (Å²) < 4.78 is 21.8. The summed E-state index contributed by atoms with van der Waals surface area (Å²) in [5.74, 6) is 3.32. The molecule has 0 unspecified atom stereocenters. The molecule has 6 nitrogen and oxygen atoms in total. The molecule has 0 spiro atoms. The third kappa shape index (κ3) is 5.44. The van der Waals surface area contributed by atoms with Gasteiger partial charge in [-0.2, -0.15) is 0 Å². The molecule has 0 saturated heterocycles. The molecule has 0 bridgehead atoms. The van der Waals surface area contributed by atoms with Gasteiger partial charge in [0.25, 0.3) is 0 Å². The number of ether oxygens (including phenoxy) is 4. The number of amides is 1. The predicted octanol–water partition coefficient (Wildman–Crippen LogP) is 5.08. The molecule has 0 radical (unpaired) electrons. The summed E-state index contributed by atoms with van der Waals surface area (Å²) in [6.07, 6.45) is 0.865. The maximum atomic E-state index is 12.4. The highest BCUT2D eigenvalue weighted by atomic mass is 16.5. The van der Waals surface area contributed by atoms with Gasteiger partial charge in [-0.1, -0.05) is 12.1 Å². The molecule has 156 valence electrons. The van der Waals surface area contributed by atoms with Crippen molar-refractivity contribution in [1.29, 1.82) is 0 Å². The number of carbonyl (C=O) groups is 1. The van der Waals surface area contributed by atoms with E-state index < -0.39 is 0 Å². The normalized spacial score (nSPS) is 10.2. The first-order valence-electron chi connectivity index (χ1n) is 9.54. The molecule has 0 atom stereocenters. The van der Waals surface area contributed by atoms with Gasteiger partial charge in [0.2, 0.25) is 5.91 Å². The van der Waals surface area contributed by atoms with Gasteiger partial charge in [0.1, 0.15) is 17.2 Å².